The Morgan fingerprint density at radius 3 is 2.65 bits per heavy atom. The molecule has 2 aromatic rings. The zero-order valence-corrected chi connectivity index (χ0v) is 9.86. The first-order valence-corrected chi connectivity index (χ1v) is 5.73. The molecule has 3 heteroatoms. The summed E-state index contributed by atoms with van der Waals surface area (Å²) in [5.74, 6) is -0.0166. The third-order valence-electron chi connectivity index (χ3n) is 2.69. The minimum atomic E-state index is -0.0166. The molecule has 0 spiro atoms. The van der Waals surface area contributed by atoms with Crippen LogP contribution in [0, 0.1) is 0 Å². The highest BCUT2D eigenvalue weighted by molar-refractivity contribution is 6.06. The number of rotatable bonds is 4. The van der Waals surface area contributed by atoms with Gasteiger partial charge in [0.1, 0.15) is 0 Å². The Bertz CT molecular complexity index is 517. The monoisotopic (exact) mass is 228 g/mol. The van der Waals surface area contributed by atoms with E-state index in [9.17, 15) is 4.79 Å². The molecule has 3 nitrogen and oxygen atoms in total. The Morgan fingerprint density at radius 2 is 1.82 bits per heavy atom. The Kier molecular flexibility index (Phi) is 3.73. The predicted molar refractivity (Wildman–Crippen MR) is 70.2 cm³/mol. The van der Waals surface area contributed by atoms with Gasteiger partial charge in [0, 0.05) is 18.7 Å². The Morgan fingerprint density at radius 1 is 1.06 bits per heavy atom. The van der Waals surface area contributed by atoms with E-state index < -0.39 is 0 Å². The summed E-state index contributed by atoms with van der Waals surface area (Å²) in [5.41, 5.74) is 0.735. The summed E-state index contributed by atoms with van der Waals surface area (Å²) < 4.78 is 0. The molecule has 0 fully saturated rings. The first-order valence-electron chi connectivity index (χ1n) is 5.73. The molecule has 0 aliphatic rings. The molecular formula is C14H16N2O. The summed E-state index contributed by atoms with van der Waals surface area (Å²) in [5, 5.41) is 7.98. The second kappa shape index (κ2) is 5.46. The fourth-order valence-corrected chi connectivity index (χ4v) is 1.82. The standard InChI is InChI=1S/C14H16N2O/c1-15-9-10-16-14(17)13-8-4-6-11-5-2-3-7-12(11)13/h2-8,15H,9-10H2,1H3,(H,16,17). The summed E-state index contributed by atoms with van der Waals surface area (Å²) in [7, 11) is 1.87. The molecule has 0 heterocycles. The fraction of sp³-hybridized carbons (Fsp3) is 0.214. The highest BCUT2D eigenvalue weighted by atomic mass is 16.1. The molecule has 88 valence electrons. The first-order chi connectivity index (χ1) is 8.33. The van der Waals surface area contributed by atoms with E-state index in [0.717, 1.165) is 22.9 Å². The average Bonchev–Trinajstić information content (AvgIpc) is 2.38. The number of carbonyl (C=O) groups is 1. The van der Waals surface area contributed by atoms with Crippen molar-refractivity contribution in [3.8, 4) is 0 Å². The lowest BCUT2D eigenvalue weighted by Crippen LogP contribution is -2.30. The van der Waals surface area contributed by atoms with Crippen LogP contribution in [0.25, 0.3) is 10.8 Å². The lowest BCUT2D eigenvalue weighted by atomic mass is 10.0. The summed E-state index contributed by atoms with van der Waals surface area (Å²) in [6, 6.07) is 13.7. The van der Waals surface area contributed by atoms with Gasteiger partial charge in [-0.05, 0) is 23.9 Å². The largest absolute Gasteiger partial charge is 0.351 e. The van der Waals surface area contributed by atoms with E-state index in [2.05, 4.69) is 10.6 Å². The van der Waals surface area contributed by atoms with E-state index in [1.807, 2.05) is 49.5 Å². The molecule has 0 unspecified atom stereocenters. The molecule has 0 aromatic heterocycles. The van der Waals surface area contributed by atoms with Crippen molar-refractivity contribution in [1.82, 2.24) is 10.6 Å². The number of likely N-dealkylation sites (N-methyl/N-ethyl adjacent to an activating group) is 1. The second-order valence-corrected chi connectivity index (χ2v) is 3.89. The summed E-state index contributed by atoms with van der Waals surface area (Å²) >= 11 is 0. The molecule has 17 heavy (non-hydrogen) atoms. The first kappa shape index (κ1) is 11.6. The van der Waals surface area contributed by atoms with Crippen LogP contribution in [-0.2, 0) is 0 Å². The minimum Gasteiger partial charge on any atom is -0.351 e. The number of benzene rings is 2. The van der Waals surface area contributed by atoms with Crippen LogP contribution in [0.1, 0.15) is 10.4 Å². The van der Waals surface area contributed by atoms with Gasteiger partial charge >= 0.3 is 0 Å². The van der Waals surface area contributed by atoms with Gasteiger partial charge in [0.2, 0.25) is 0 Å². The van der Waals surface area contributed by atoms with E-state index in [1.165, 1.54) is 0 Å². The van der Waals surface area contributed by atoms with E-state index in [0.29, 0.717) is 6.54 Å². The number of carbonyl (C=O) groups excluding carboxylic acids is 1. The van der Waals surface area contributed by atoms with E-state index in [4.69, 9.17) is 0 Å². The highest BCUT2D eigenvalue weighted by Crippen LogP contribution is 2.18. The quantitative estimate of drug-likeness (QED) is 0.783. The number of fused-ring (bicyclic) bond motifs is 1. The van der Waals surface area contributed by atoms with Crippen LogP contribution in [0.5, 0.6) is 0 Å². The highest BCUT2D eigenvalue weighted by Gasteiger charge is 2.08. The van der Waals surface area contributed by atoms with Crippen molar-refractivity contribution in [2.24, 2.45) is 0 Å². The van der Waals surface area contributed by atoms with Gasteiger partial charge in [-0.15, -0.1) is 0 Å². The summed E-state index contributed by atoms with van der Waals surface area (Å²) in [6.07, 6.45) is 0. The molecule has 0 aliphatic heterocycles. The molecule has 0 atom stereocenters. The summed E-state index contributed by atoms with van der Waals surface area (Å²) in [4.78, 5) is 12.0. The molecule has 0 aliphatic carbocycles. The van der Waals surface area contributed by atoms with Crippen LogP contribution >= 0.6 is 0 Å². The van der Waals surface area contributed by atoms with Gasteiger partial charge in [-0.3, -0.25) is 4.79 Å². The van der Waals surface area contributed by atoms with Crippen LogP contribution in [0.3, 0.4) is 0 Å². The zero-order chi connectivity index (χ0) is 12.1. The van der Waals surface area contributed by atoms with Gasteiger partial charge in [-0.1, -0.05) is 36.4 Å². The van der Waals surface area contributed by atoms with Crippen LogP contribution in [0.2, 0.25) is 0 Å². The number of amides is 1. The van der Waals surface area contributed by atoms with Gasteiger partial charge in [-0.25, -0.2) is 0 Å². The maximum atomic E-state index is 12.0. The third kappa shape index (κ3) is 2.63. The number of nitrogens with one attached hydrogen (secondary N) is 2. The van der Waals surface area contributed by atoms with Crippen LogP contribution < -0.4 is 10.6 Å². The van der Waals surface area contributed by atoms with E-state index in [-0.39, 0.29) is 5.91 Å². The molecule has 0 bridgehead atoms. The van der Waals surface area contributed by atoms with Gasteiger partial charge in [-0.2, -0.15) is 0 Å². The van der Waals surface area contributed by atoms with Crippen molar-refractivity contribution < 1.29 is 4.79 Å². The molecule has 0 saturated heterocycles. The maximum absolute atomic E-state index is 12.0. The maximum Gasteiger partial charge on any atom is 0.251 e. The average molecular weight is 228 g/mol. The van der Waals surface area contributed by atoms with Gasteiger partial charge in [0.25, 0.3) is 5.91 Å². The lowest BCUT2D eigenvalue weighted by Gasteiger charge is -2.07. The normalized spacial score (nSPS) is 10.4. The van der Waals surface area contributed by atoms with Crippen molar-refractivity contribution in [2.75, 3.05) is 20.1 Å². The van der Waals surface area contributed by atoms with Gasteiger partial charge in [0.15, 0.2) is 0 Å². The van der Waals surface area contributed by atoms with Crippen LogP contribution in [0.4, 0.5) is 0 Å². The van der Waals surface area contributed by atoms with Crippen LogP contribution in [-0.4, -0.2) is 26.0 Å². The molecule has 2 N–H and O–H groups in total. The molecular weight excluding hydrogens is 212 g/mol. The molecule has 1 amide bonds. The second-order valence-electron chi connectivity index (χ2n) is 3.89. The number of hydrogen-bond donors (Lipinski definition) is 2. The number of hydrogen-bond acceptors (Lipinski definition) is 2. The molecule has 0 saturated carbocycles. The van der Waals surface area contributed by atoms with E-state index >= 15 is 0 Å². The minimum absolute atomic E-state index is 0.0166. The Labute approximate surface area is 101 Å². The predicted octanol–water partition coefficient (Wildman–Crippen LogP) is 1.79. The van der Waals surface area contributed by atoms with Crippen molar-refractivity contribution in [2.45, 2.75) is 0 Å². The molecule has 2 aromatic carbocycles. The SMILES string of the molecule is CNCCNC(=O)c1cccc2ccccc12. The van der Waals surface area contributed by atoms with Crippen LogP contribution in [0.15, 0.2) is 42.5 Å². The molecule has 0 radical (unpaired) electrons. The lowest BCUT2D eigenvalue weighted by molar-refractivity contribution is 0.0956. The van der Waals surface area contributed by atoms with Gasteiger partial charge < -0.3 is 10.6 Å². The Balaban J connectivity index is 2.26. The van der Waals surface area contributed by atoms with Crippen molar-refractivity contribution in [1.29, 1.82) is 0 Å². The molecule has 2 rings (SSSR count). The van der Waals surface area contributed by atoms with Gasteiger partial charge in [0.05, 0.1) is 0 Å². The van der Waals surface area contributed by atoms with Crippen molar-refractivity contribution in [3.63, 3.8) is 0 Å². The van der Waals surface area contributed by atoms with Crippen molar-refractivity contribution in [3.05, 3.63) is 48.0 Å². The Hall–Kier alpha value is -1.87. The zero-order valence-electron chi connectivity index (χ0n) is 9.86. The fourth-order valence-electron chi connectivity index (χ4n) is 1.82. The smallest absolute Gasteiger partial charge is 0.251 e. The third-order valence-corrected chi connectivity index (χ3v) is 2.69. The van der Waals surface area contributed by atoms with E-state index in [1.54, 1.807) is 0 Å². The topological polar surface area (TPSA) is 41.1 Å². The van der Waals surface area contributed by atoms with Crippen molar-refractivity contribution >= 4 is 16.7 Å². The summed E-state index contributed by atoms with van der Waals surface area (Å²) in [6.45, 7) is 1.41.